The van der Waals surface area contributed by atoms with Crippen LogP contribution in [0.15, 0.2) is 95.7 Å². The zero-order valence-corrected chi connectivity index (χ0v) is 19.8. The standard InChI is InChI=1S/C30H20N4O4/c31-13-23-25(15-3-1-5-17(35)11-15)21-9-7-20-19(27(21)37-29(23)33)8-10-22-26(16-4-2-6-18(36)12-16)24(14-32)30(34)38-28(20)22/h1-12,25-26,35-36H,33-34H2. The molecule has 38 heavy (non-hydrogen) atoms. The van der Waals surface area contributed by atoms with Crippen LogP contribution in [0.5, 0.6) is 23.0 Å². The first-order valence-corrected chi connectivity index (χ1v) is 11.7. The van der Waals surface area contributed by atoms with Crippen molar-refractivity contribution in [2.24, 2.45) is 11.5 Å². The number of phenolic OH excluding ortho intramolecular Hbond substituents is 2. The van der Waals surface area contributed by atoms with E-state index in [9.17, 15) is 20.7 Å². The molecule has 4 aromatic rings. The number of benzene rings is 4. The van der Waals surface area contributed by atoms with Gasteiger partial charge in [-0.2, -0.15) is 10.5 Å². The molecule has 6 rings (SSSR count). The van der Waals surface area contributed by atoms with Gasteiger partial charge in [0, 0.05) is 21.9 Å². The highest BCUT2D eigenvalue weighted by Crippen LogP contribution is 2.51. The molecule has 0 saturated heterocycles. The Morgan fingerprint density at radius 2 is 1.05 bits per heavy atom. The maximum atomic E-state index is 10.1. The van der Waals surface area contributed by atoms with Crippen LogP contribution in [0.4, 0.5) is 0 Å². The van der Waals surface area contributed by atoms with Crippen molar-refractivity contribution in [3.05, 3.63) is 118 Å². The van der Waals surface area contributed by atoms with Crippen LogP contribution in [0, 0.1) is 22.7 Å². The first-order valence-electron chi connectivity index (χ1n) is 11.7. The fourth-order valence-electron chi connectivity index (χ4n) is 5.33. The molecule has 0 saturated carbocycles. The van der Waals surface area contributed by atoms with Crippen LogP contribution >= 0.6 is 0 Å². The smallest absolute Gasteiger partial charge is 0.205 e. The Kier molecular flexibility index (Phi) is 5.11. The molecule has 2 heterocycles. The van der Waals surface area contributed by atoms with Crippen LogP contribution in [-0.4, -0.2) is 10.2 Å². The fourth-order valence-corrected chi connectivity index (χ4v) is 5.33. The number of rotatable bonds is 2. The topological polar surface area (TPSA) is 159 Å². The lowest BCUT2D eigenvalue weighted by atomic mass is 9.80. The van der Waals surface area contributed by atoms with Crippen LogP contribution in [0.1, 0.15) is 34.1 Å². The predicted octanol–water partition coefficient (Wildman–Crippen LogP) is 4.69. The van der Waals surface area contributed by atoms with E-state index in [0.29, 0.717) is 44.5 Å². The second-order valence-corrected chi connectivity index (χ2v) is 9.10. The minimum atomic E-state index is -0.549. The van der Waals surface area contributed by atoms with Crippen molar-refractivity contribution < 1.29 is 19.7 Å². The number of nitrogens with zero attached hydrogens (tertiary/aromatic N) is 2. The molecule has 2 aliphatic heterocycles. The van der Waals surface area contributed by atoms with E-state index in [-0.39, 0.29) is 34.4 Å². The van der Waals surface area contributed by atoms with Crippen molar-refractivity contribution >= 4 is 10.8 Å². The number of phenols is 2. The number of nitriles is 2. The molecular formula is C30H20N4O4. The summed E-state index contributed by atoms with van der Waals surface area (Å²) in [5, 5.41) is 41.3. The van der Waals surface area contributed by atoms with Crippen LogP contribution in [0.3, 0.4) is 0 Å². The number of allylic oxidation sites excluding steroid dienone is 2. The first-order chi connectivity index (χ1) is 18.4. The van der Waals surface area contributed by atoms with E-state index in [1.165, 1.54) is 0 Å². The lowest BCUT2D eigenvalue weighted by molar-refractivity contribution is 0.393. The fraction of sp³-hybridized carbons (Fsp3) is 0.0667. The molecule has 6 N–H and O–H groups in total. The van der Waals surface area contributed by atoms with Crippen LogP contribution in [-0.2, 0) is 0 Å². The van der Waals surface area contributed by atoms with Crippen molar-refractivity contribution in [3.8, 4) is 35.1 Å². The molecule has 0 fully saturated rings. The summed E-state index contributed by atoms with van der Waals surface area (Å²) in [4.78, 5) is 0. The Bertz CT molecular complexity index is 1680. The Morgan fingerprint density at radius 3 is 1.42 bits per heavy atom. The number of ether oxygens (including phenoxy) is 2. The second kappa shape index (κ2) is 8.51. The van der Waals surface area contributed by atoms with Gasteiger partial charge in [0.15, 0.2) is 0 Å². The van der Waals surface area contributed by atoms with Gasteiger partial charge in [-0.05, 0) is 35.4 Å². The van der Waals surface area contributed by atoms with Crippen LogP contribution in [0.2, 0.25) is 0 Å². The van der Waals surface area contributed by atoms with Gasteiger partial charge in [-0.1, -0.05) is 48.5 Å². The summed E-state index contributed by atoms with van der Waals surface area (Å²) in [6.45, 7) is 0. The molecule has 2 aliphatic rings. The number of nitrogens with two attached hydrogens (primary N) is 2. The zero-order chi connectivity index (χ0) is 26.6. The van der Waals surface area contributed by atoms with Gasteiger partial charge in [-0.3, -0.25) is 0 Å². The monoisotopic (exact) mass is 500 g/mol. The number of hydrogen-bond acceptors (Lipinski definition) is 8. The zero-order valence-electron chi connectivity index (χ0n) is 19.8. The van der Waals surface area contributed by atoms with E-state index in [2.05, 4.69) is 12.1 Å². The largest absolute Gasteiger partial charge is 0.508 e. The molecule has 0 radical (unpaired) electrons. The summed E-state index contributed by atoms with van der Waals surface area (Å²) in [5.74, 6) is -0.0830. The minimum absolute atomic E-state index is 0.0247. The van der Waals surface area contributed by atoms with E-state index in [1.807, 2.05) is 36.4 Å². The molecule has 8 heteroatoms. The average Bonchev–Trinajstić information content (AvgIpc) is 2.91. The normalized spacial score (nSPS) is 18.1. The SMILES string of the molecule is N#CC1=C(N)Oc2c(ccc3c4c(ccc23)C(c2cccc(O)c2)C(C#N)=C(N)O4)C1c1cccc(O)c1. The van der Waals surface area contributed by atoms with Gasteiger partial charge < -0.3 is 31.2 Å². The average molecular weight is 501 g/mol. The summed E-state index contributed by atoms with van der Waals surface area (Å²) in [6.07, 6.45) is 0. The quantitative estimate of drug-likeness (QED) is 0.309. The summed E-state index contributed by atoms with van der Waals surface area (Å²) < 4.78 is 12.0. The highest BCUT2D eigenvalue weighted by atomic mass is 16.5. The van der Waals surface area contributed by atoms with Gasteiger partial charge in [0.2, 0.25) is 11.8 Å². The van der Waals surface area contributed by atoms with Crippen molar-refractivity contribution in [1.82, 2.24) is 0 Å². The molecular weight excluding hydrogens is 480 g/mol. The van der Waals surface area contributed by atoms with E-state index >= 15 is 0 Å². The minimum Gasteiger partial charge on any atom is -0.508 e. The van der Waals surface area contributed by atoms with Gasteiger partial charge in [0.25, 0.3) is 0 Å². The maximum absolute atomic E-state index is 10.1. The molecule has 0 aliphatic carbocycles. The van der Waals surface area contributed by atoms with Crippen molar-refractivity contribution in [1.29, 1.82) is 10.5 Å². The molecule has 2 unspecified atom stereocenters. The Balaban J connectivity index is 1.59. The van der Waals surface area contributed by atoms with Crippen molar-refractivity contribution in [3.63, 3.8) is 0 Å². The van der Waals surface area contributed by atoms with Gasteiger partial charge >= 0.3 is 0 Å². The first kappa shape index (κ1) is 22.8. The summed E-state index contributed by atoms with van der Waals surface area (Å²) in [5.41, 5.74) is 15.7. The van der Waals surface area contributed by atoms with Crippen molar-refractivity contribution in [2.75, 3.05) is 0 Å². The lowest BCUT2D eigenvalue weighted by Gasteiger charge is -2.30. The third-order valence-electron chi connectivity index (χ3n) is 6.97. The number of aromatic hydroxyl groups is 2. The number of hydrogen-bond donors (Lipinski definition) is 4. The molecule has 4 aromatic carbocycles. The second-order valence-electron chi connectivity index (χ2n) is 9.10. The van der Waals surface area contributed by atoms with Gasteiger partial charge in [0.1, 0.15) is 46.3 Å². The molecule has 0 bridgehead atoms. The Morgan fingerprint density at radius 1 is 0.632 bits per heavy atom. The molecule has 0 amide bonds. The maximum Gasteiger partial charge on any atom is 0.205 e. The summed E-state index contributed by atoms with van der Waals surface area (Å²) in [6, 6.07) is 25.1. The third-order valence-corrected chi connectivity index (χ3v) is 6.97. The third kappa shape index (κ3) is 3.36. The summed E-state index contributed by atoms with van der Waals surface area (Å²) in [7, 11) is 0. The molecule has 2 atom stereocenters. The molecule has 0 spiro atoms. The summed E-state index contributed by atoms with van der Waals surface area (Å²) >= 11 is 0. The highest BCUT2D eigenvalue weighted by Gasteiger charge is 2.35. The van der Waals surface area contributed by atoms with Gasteiger partial charge in [-0.15, -0.1) is 0 Å². The Hall–Kier alpha value is -5.60. The Labute approximate surface area is 217 Å². The van der Waals surface area contributed by atoms with Gasteiger partial charge in [-0.25, -0.2) is 0 Å². The van der Waals surface area contributed by atoms with Crippen LogP contribution < -0.4 is 20.9 Å². The van der Waals surface area contributed by atoms with Crippen LogP contribution in [0.25, 0.3) is 10.8 Å². The molecule has 184 valence electrons. The highest BCUT2D eigenvalue weighted by molar-refractivity contribution is 5.97. The van der Waals surface area contributed by atoms with E-state index in [0.717, 1.165) is 0 Å². The molecule has 0 aromatic heterocycles. The van der Waals surface area contributed by atoms with Crippen molar-refractivity contribution in [2.45, 2.75) is 11.8 Å². The predicted molar refractivity (Wildman–Crippen MR) is 139 cm³/mol. The number of fused-ring (bicyclic) bond motifs is 5. The van der Waals surface area contributed by atoms with E-state index in [1.54, 1.807) is 36.4 Å². The van der Waals surface area contributed by atoms with E-state index in [4.69, 9.17) is 20.9 Å². The molecule has 8 nitrogen and oxygen atoms in total. The lowest BCUT2D eigenvalue weighted by Crippen LogP contribution is -2.22. The van der Waals surface area contributed by atoms with Gasteiger partial charge in [0.05, 0.1) is 11.8 Å². The van der Waals surface area contributed by atoms with E-state index < -0.39 is 11.8 Å².